The van der Waals surface area contributed by atoms with E-state index in [1.807, 2.05) is 0 Å². The Morgan fingerprint density at radius 3 is 2.59 bits per heavy atom. The number of nitro benzene ring substituents is 1. The van der Waals surface area contributed by atoms with Gasteiger partial charge in [-0.25, -0.2) is 0 Å². The summed E-state index contributed by atoms with van der Waals surface area (Å²) in [5.41, 5.74) is 14.3. The molecule has 0 amide bonds. The van der Waals surface area contributed by atoms with E-state index >= 15 is 0 Å². The first-order valence-corrected chi connectivity index (χ1v) is 6.64. The average Bonchev–Trinajstić information content (AvgIpc) is 2.49. The quantitative estimate of drug-likeness (QED) is 0.373. The van der Waals surface area contributed by atoms with E-state index in [0.717, 1.165) is 0 Å². The van der Waals surface area contributed by atoms with Gasteiger partial charge in [-0.05, 0) is 28.8 Å². The molecule has 22 heavy (non-hydrogen) atoms. The van der Waals surface area contributed by atoms with Crippen molar-refractivity contribution in [3.8, 4) is 11.1 Å². The number of rotatable bonds is 5. The molecule has 0 saturated carbocycles. The Bertz CT molecular complexity index is 703. The number of nitrogen functional groups attached to an aromatic ring is 2. The zero-order valence-electron chi connectivity index (χ0n) is 11.8. The monoisotopic (exact) mass is 303 g/mol. The van der Waals surface area contributed by atoms with Gasteiger partial charge in [-0.3, -0.25) is 10.1 Å². The summed E-state index contributed by atoms with van der Waals surface area (Å²) in [5, 5.41) is 29.6. The van der Waals surface area contributed by atoms with Crippen molar-refractivity contribution in [2.75, 3.05) is 18.1 Å². The van der Waals surface area contributed by atoms with E-state index in [2.05, 4.69) is 0 Å². The van der Waals surface area contributed by atoms with Gasteiger partial charge >= 0.3 is 0 Å². The van der Waals surface area contributed by atoms with Crippen LogP contribution in [0.3, 0.4) is 0 Å². The summed E-state index contributed by atoms with van der Waals surface area (Å²) >= 11 is 0. The fraction of sp³-hybridized carbons (Fsp3) is 0.200. The molecule has 7 nitrogen and oxygen atoms in total. The van der Waals surface area contributed by atoms with Gasteiger partial charge < -0.3 is 21.7 Å². The lowest BCUT2D eigenvalue weighted by atomic mass is 9.93. The maximum atomic E-state index is 10.9. The van der Waals surface area contributed by atoms with Crippen LogP contribution < -0.4 is 11.5 Å². The Morgan fingerprint density at radius 1 is 1.23 bits per heavy atom. The SMILES string of the molecule is Nc1cc(N)c(CC(O)CO)c(-c2cccc([N+](=O)[O-])c2)c1. The van der Waals surface area contributed by atoms with Crippen molar-refractivity contribution in [2.45, 2.75) is 12.5 Å². The van der Waals surface area contributed by atoms with Gasteiger partial charge in [0.05, 0.1) is 17.6 Å². The van der Waals surface area contributed by atoms with Crippen LogP contribution in [0.2, 0.25) is 0 Å². The number of anilines is 2. The maximum absolute atomic E-state index is 10.9. The molecule has 2 rings (SSSR count). The molecule has 2 aromatic carbocycles. The van der Waals surface area contributed by atoms with Gasteiger partial charge in [-0.1, -0.05) is 12.1 Å². The highest BCUT2D eigenvalue weighted by molar-refractivity contribution is 5.78. The normalized spacial score (nSPS) is 12.1. The van der Waals surface area contributed by atoms with Crippen LogP contribution in [0, 0.1) is 10.1 Å². The molecule has 0 heterocycles. The molecule has 1 atom stereocenters. The second-order valence-electron chi connectivity index (χ2n) is 4.98. The van der Waals surface area contributed by atoms with Gasteiger partial charge in [-0.2, -0.15) is 0 Å². The van der Waals surface area contributed by atoms with Crippen LogP contribution in [0.15, 0.2) is 36.4 Å². The minimum atomic E-state index is -0.969. The Labute approximate surface area is 127 Å². The van der Waals surface area contributed by atoms with Gasteiger partial charge in [0.25, 0.3) is 5.69 Å². The van der Waals surface area contributed by atoms with Crippen molar-refractivity contribution in [2.24, 2.45) is 0 Å². The van der Waals surface area contributed by atoms with Crippen LogP contribution in [0.4, 0.5) is 17.1 Å². The number of hydrogen-bond donors (Lipinski definition) is 4. The lowest BCUT2D eigenvalue weighted by Gasteiger charge is -2.16. The number of non-ortho nitro benzene ring substituents is 1. The van der Waals surface area contributed by atoms with Crippen molar-refractivity contribution in [3.63, 3.8) is 0 Å². The van der Waals surface area contributed by atoms with Crippen LogP contribution in [0.5, 0.6) is 0 Å². The van der Waals surface area contributed by atoms with Crippen molar-refractivity contribution in [3.05, 3.63) is 52.1 Å². The van der Waals surface area contributed by atoms with E-state index < -0.39 is 17.6 Å². The predicted molar refractivity (Wildman–Crippen MR) is 84.2 cm³/mol. The first-order chi connectivity index (χ1) is 10.4. The molecule has 1 unspecified atom stereocenters. The molecule has 7 heteroatoms. The molecule has 2 aromatic rings. The van der Waals surface area contributed by atoms with Gasteiger partial charge in [-0.15, -0.1) is 0 Å². The highest BCUT2D eigenvalue weighted by Crippen LogP contribution is 2.33. The summed E-state index contributed by atoms with van der Waals surface area (Å²) < 4.78 is 0. The van der Waals surface area contributed by atoms with Crippen LogP contribution >= 0.6 is 0 Å². The summed E-state index contributed by atoms with van der Waals surface area (Å²) in [6, 6.07) is 9.29. The van der Waals surface area contributed by atoms with Crippen molar-refractivity contribution in [1.29, 1.82) is 0 Å². The summed E-state index contributed by atoms with van der Waals surface area (Å²) in [7, 11) is 0. The molecule has 0 bridgehead atoms. The largest absolute Gasteiger partial charge is 0.399 e. The molecular formula is C15H17N3O4. The second-order valence-corrected chi connectivity index (χ2v) is 4.98. The van der Waals surface area contributed by atoms with Crippen LogP contribution in [0.25, 0.3) is 11.1 Å². The Kier molecular flexibility index (Phi) is 4.59. The van der Waals surface area contributed by atoms with Gasteiger partial charge in [0.15, 0.2) is 0 Å². The van der Waals surface area contributed by atoms with Gasteiger partial charge in [0, 0.05) is 29.9 Å². The summed E-state index contributed by atoms with van der Waals surface area (Å²) in [4.78, 5) is 10.4. The Morgan fingerprint density at radius 2 is 1.95 bits per heavy atom. The number of benzene rings is 2. The van der Waals surface area contributed by atoms with Crippen molar-refractivity contribution in [1.82, 2.24) is 0 Å². The molecule has 6 N–H and O–H groups in total. The van der Waals surface area contributed by atoms with E-state index in [9.17, 15) is 15.2 Å². The fourth-order valence-electron chi connectivity index (χ4n) is 2.29. The molecule has 0 fully saturated rings. The highest BCUT2D eigenvalue weighted by atomic mass is 16.6. The summed E-state index contributed by atoms with van der Waals surface area (Å²) in [6.45, 7) is -0.405. The van der Waals surface area contributed by atoms with Crippen LogP contribution in [-0.4, -0.2) is 27.8 Å². The number of nitro groups is 1. The zero-order chi connectivity index (χ0) is 16.3. The minimum Gasteiger partial charge on any atom is -0.399 e. The number of nitrogens with zero attached hydrogens (tertiary/aromatic N) is 1. The number of aliphatic hydroxyl groups excluding tert-OH is 2. The van der Waals surface area contributed by atoms with Crippen LogP contribution in [-0.2, 0) is 6.42 Å². The molecule has 0 saturated heterocycles. The molecule has 116 valence electrons. The van der Waals surface area contributed by atoms with E-state index in [1.165, 1.54) is 12.1 Å². The third-order valence-corrected chi connectivity index (χ3v) is 3.33. The molecular weight excluding hydrogens is 286 g/mol. The number of aliphatic hydroxyl groups is 2. The summed E-state index contributed by atoms with van der Waals surface area (Å²) in [6.07, 6.45) is -0.843. The zero-order valence-corrected chi connectivity index (χ0v) is 11.8. The predicted octanol–water partition coefficient (Wildman–Crippen LogP) is 1.32. The lowest BCUT2D eigenvalue weighted by Crippen LogP contribution is -2.17. The molecule has 0 spiro atoms. The Balaban J connectivity index is 2.58. The average molecular weight is 303 g/mol. The minimum absolute atomic E-state index is 0.0489. The number of hydrogen-bond acceptors (Lipinski definition) is 6. The lowest BCUT2D eigenvalue weighted by molar-refractivity contribution is -0.384. The maximum Gasteiger partial charge on any atom is 0.270 e. The first-order valence-electron chi connectivity index (χ1n) is 6.64. The third-order valence-electron chi connectivity index (χ3n) is 3.33. The number of nitrogens with two attached hydrogens (primary N) is 2. The smallest absolute Gasteiger partial charge is 0.270 e. The van der Waals surface area contributed by atoms with E-state index in [0.29, 0.717) is 28.1 Å². The molecule has 0 aliphatic rings. The molecule has 0 aliphatic heterocycles. The standard InChI is InChI=1S/C15H17N3O4/c16-10-5-13(9-2-1-3-11(4-9)18(21)22)14(15(17)6-10)7-12(20)8-19/h1-6,12,19-20H,7-8,16-17H2. The molecule has 0 aliphatic carbocycles. The summed E-state index contributed by atoms with van der Waals surface area (Å²) in [5.74, 6) is 0. The second kappa shape index (κ2) is 6.42. The molecule has 0 radical (unpaired) electrons. The van der Waals surface area contributed by atoms with Gasteiger partial charge in [0.1, 0.15) is 0 Å². The first kappa shape index (κ1) is 15.7. The highest BCUT2D eigenvalue weighted by Gasteiger charge is 2.16. The van der Waals surface area contributed by atoms with E-state index in [1.54, 1.807) is 24.3 Å². The van der Waals surface area contributed by atoms with Crippen molar-refractivity contribution < 1.29 is 15.1 Å². The molecule has 0 aromatic heterocycles. The third kappa shape index (κ3) is 3.33. The van der Waals surface area contributed by atoms with Gasteiger partial charge in [0.2, 0.25) is 0 Å². The fourth-order valence-corrected chi connectivity index (χ4v) is 2.29. The van der Waals surface area contributed by atoms with Crippen LogP contribution in [0.1, 0.15) is 5.56 Å². The van der Waals surface area contributed by atoms with Crippen molar-refractivity contribution >= 4 is 17.1 Å². The topological polar surface area (TPSA) is 136 Å². The van der Waals surface area contributed by atoms with E-state index in [-0.39, 0.29) is 12.1 Å². The van der Waals surface area contributed by atoms with E-state index in [4.69, 9.17) is 16.6 Å². The Hall–Kier alpha value is -2.64.